The van der Waals surface area contributed by atoms with E-state index < -0.39 is 29.3 Å². The van der Waals surface area contributed by atoms with Gasteiger partial charge >= 0.3 is 0 Å². The van der Waals surface area contributed by atoms with Crippen molar-refractivity contribution in [2.24, 2.45) is 5.92 Å². The van der Waals surface area contributed by atoms with Crippen molar-refractivity contribution in [2.75, 3.05) is 11.5 Å². The van der Waals surface area contributed by atoms with Crippen molar-refractivity contribution >= 4 is 23.1 Å². The Labute approximate surface area is 208 Å². The normalized spacial score (nSPS) is 16.9. The number of aryl methyl sites for hydroxylation is 1. The molecule has 0 saturated carbocycles. The molecule has 1 N–H and O–H groups in total. The third kappa shape index (κ3) is 4.58. The summed E-state index contributed by atoms with van der Waals surface area (Å²) in [5.74, 6) is -1.88. The molecule has 4 rings (SSSR count). The zero-order valence-corrected chi connectivity index (χ0v) is 20.2. The molecule has 6 nitrogen and oxygen atoms in total. The maximum absolute atomic E-state index is 15.0. The van der Waals surface area contributed by atoms with Crippen LogP contribution < -0.4 is 9.64 Å². The highest BCUT2D eigenvalue weighted by Crippen LogP contribution is 2.43. The Morgan fingerprint density at radius 2 is 1.81 bits per heavy atom. The summed E-state index contributed by atoms with van der Waals surface area (Å²) in [6, 6.07) is 17.6. The Bertz CT molecular complexity index is 1400. The predicted octanol–water partition coefficient (Wildman–Crippen LogP) is 5.67. The van der Waals surface area contributed by atoms with Gasteiger partial charge in [-0.1, -0.05) is 32.0 Å². The maximum Gasteiger partial charge on any atom is 0.300 e. The molecule has 182 valence electrons. The van der Waals surface area contributed by atoms with Crippen LogP contribution in [0.4, 0.5) is 10.1 Å². The van der Waals surface area contributed by atoms with E-state index in [-0.39, 0.29) is 11.1 Å². The summed E-state index contributed by atoms with van der Waals surface area (Å²) in [5.41, 5.74) is 1.57. The molecule has 0 aliphatic carbocycles. The smallest absolute Gasteiger partial charge is 0.300 e. The van der Waals surface area contributed by atoms with Crippen molar-refractivity contribution in [3.63, 3.8) is 0 Å². The number of carbonyl (C=O) groups excluding carboxylic acids is 2. The number of benzene rings is 3. The average molecular weight is 485 g/mol. The lowest BCUT2D eigenvalue weighted by Crippen LogP contribution is -2.29. The van der Waals surface area contributed by atoms with Gasteiger partial charge in [-0.15, -0.1) is 0 Å². The summed E-state index contributed by atoms with van der Waals surface area (Å²) in [6.45, 7) is 6.40. The Kier molecular flexibility index (Phi) is 6.89. The summed E-state index contributed by atoms with van der Waals surface area (Å²) >= 11 is 0. The molecule has 1 unspecified atom stereocenters. The highest BCUT2D eigenvalue weighted by molar-refractivity contribution is 6.51. The largest absolute Gasteiger partial charge is 0.507 e. The van der Waals surface area contributed by atoms with Crippen molar-refractivity contribution in [1.82, 2.24) is 0 Å². The second-order valence-electron chi connectivity index (χ2n) is 9.03. The van der Waals surface area contributed by atoms with Crippen LogP contribution >= 0.6 is 0 Å². The molecule has 3 aromatic rings. The Balaban J connectivity index is 1.86. The van der Waals surface area contributed by atoms with Crippen molar-refractivity contribution in [2.45, 2.75) is 26.8 Å². The van der Waals surface area contributed by atoms with Gasteiger partial charge in [-0.25, -0.2) is 4.39 Å². The van der Waals surface area contributed by atoms with Crippen molar-refractivity contribution in [3.8, 4) is 11.8 Å². The minimum Gasteiger partial charge on any atom is -0.507 e. The average Bonchev–Trinajstić information content (AvgIpc) is 3.13. The summed E-state index contributed by atoms with van der Waals surface area (Å²) in [5, 5.41) is 20.4. The molecule has 1 fully saturated rings. The van der Waals surface area contributed by atoms with E-state index in [0.29, 0.717) is 35.1 Å². The first kappa shape index (κ1) is 24.7. The zero-order valence-electron chi connectivity index (χ0n) is 20.2. The number of Topliss-reactive ketones (excluding diaryl/α,β-unsaturated/α-hetero) is 1. The second kappa shape index (κ2) is 10.0. The van der Waals surface area contributed by atoms with Gasteiger partial charge in [0.1, 0.15) is 17.3 Å². The lowest BCUT2D eigenvalue weighted by molar-refractivity contribution is -0.132. The lowest BCUT2D eigenvalue weighted by Gasteiger charge is -2.25. The van der Waals surface area contributed by atoms with Gasteiger partial charge < -0.3 is 9.84 Å². The van der Waals surface area contributed by atoms with E-state index in [9.17, 15) is 19.1 Å². The van der Waals surface area contributed by atoms with Crippen LogP contribution in [0, 0.1) is 30.0 Å². The highest BCUT2D eigenvalue weighted by Gasteiger charge is 2.47. The molecule has 0 bridgehead atoms. The number of hydrogen-bond acceptors (Lipinski definition) is 5. The van der Waals surface area contributed by atoms with Crippen molar-refractivity contribution < 1.29 is 23.8 Å². The molecule has 3 aromatic carbocycles. The maximum atomic E-state index is 15.0. The van der Waals surface area contributed by atoms with Crippen LogP contribution in [0.15, 0.2) is 72.3 Å². The van der Waals surface area contributed by atoms with Gasteiger partial charge in [0.25, 0.3) is 11.7 Å². The van der Waals surface area contributed by atoms with Gasteiger partial charge in [0, 0.05) is 16.8 Å². The van der Waals surface area contributed by atoms with Crippen molar-refractivity contribution in [3.05, 3.63) is 100 Å². The van der Waals surface area contributed by atoms with Crippen molar-refractivity contribution in [1.29, 1.82) is 5.26 Å². The number of nitrogens with zero attached hydrogens (tertiary/aromatic N) is 2. The number of ketones is 1. The summed E-state index contributed by atoms with van der Waals surface area (Å²) < 4.78 is 20.8. The number of ether oxygens (including phenoxy) is 1. The number of rotatable bonds is 6. The molecule has 1 amide bonds. The number of nitriles is 1. The van der Waals surface area contributed by atoms with Crippen LogP contribution in [-0.2, 0) is 9.59 Å². The Morgan fingerprint density at radius 1 is 1.11 bits per heavy atom. The second-order valence-corrected chi connectivity index (χ2v) is 9.03. The van der Waals surface area contributed by atoms with E-state index in [2.05, 4.69) is 0 Å². The Hall–Kier alpha value is -4.44. The van der Waals surface area contributed by atoms with Gasteiger partial charge in [-0.3, -0.25) is 14.5 Å². The van der Waals surface area contributed by atoms with Crippen LogP contribution in [0.25, 0.3) is 5.76 Å². The van der Waals surface area contributed by atoms with E-state index in [1.54, 1.807) is 24.3 Å². The Morgan fingerprint density at radius 3 is 2.42 bits per heavy atom. The van der Waals surface area contributed by atoms with E-state index >= 15 is 0 Å². The van der Waals surface area contributed by atoms with E-state index in [1.165, 1.54) is 42.5 Å². The molecule has 1 atom stereocenters. The van der Waals surface area contributed by atoms with Crippen LogP contribution in [-0.4, -0.2) is 23.4 Å². The van der Waals surface area contributed by atoms with Gasteiger partial charge in [0.05, 0.1) is 29.9 Å². The number of amides is 1. The molecule has 1 aliphatic rings. The first-order valence-corrected chi connectivity index (χ1v) is 11.5. The standard InChI is InChI=1S/C29H25FN2O4/c1-17(2)16-36-24-13-10-20(14-18(24)3)27(33)25-26(22-6-4-5-7-23(22)30)32(29(35)28(25)34)21-11-8-19(15-31)9-12-21/h4-14,17,26,33H,16H2,1-3H3/b27-25+. The van der Waals surface area contributed by atoms with Gasteiger partial charge in [0.2, 0.25) is 0 Å². The molecule has 7 heteroatoms. The molecule has 0 spiro atoms. The van der Waals surface area contributed by atoms with Gasteiger partial charge in [-0.05, 0) is 66.9 Å². The fourth-order valence-corrected chi connectivity index (χ4v) is 4.16. The third-order valence-electron chi connectivity index (χ3n) is 5.94. The number of halogens is 1. The fourth-order valence-electron chi connectivity index (χ4n) is 4.16. The monoisotopic (exact) mass is 484 g/mol. The number of carbonyl (C=O) groups is 2. The lowest BCUT2D eigenvalue weighted by atomic mass is 9.94. The molecule has 1 saturated heterocycles. The number of anilines is 1. The third-order valence-corrected chi connectivity index (χ3v) is 5.94. The summed E-state index contributed by atoms with van der Waals surface area (Å²) in [6.07, 6.45) is 0. The van der Waals surface area contributed by atoms with E-state index in [0.717, 1.165) is 10.5 Å². The first-order chi connectivity index (χ1) is 17.2. The predicted molar refractivity (Wildman–Crippen MR) is 134 cm³/mol. The summed E-state index contributed by atoms with van der Waals surface area (Å²) in [4.78, 5) is 27.6. The first-order valence-electron chi connectivity index (χ1n) is 11.5. The van der Waals surface area contributed by atoms with Crippen LogP contribution in [0.1, 0.15) is 42.1 Å². The number of aliphatic hydroxyl groups is 1. The zero-order chi connectivity index (χ0) is 26.0. The van der Waals surface area contributed by atoms with Gasteiger partial charge in [-0.2, -0.15) is 5.26 Å². The quantitative estimate of drug-likeness (QED) is 0.277. The highest BCUT2D eigenvalue weighted by atomic mass is 19.1. The molecular formula is C29H25FN2O4. The van der Waals surface area contributed by atoms with E-state index in [4.69, 9.17) is 10.00 Å². The SMILES string of the molecule is Cc1cc(/C(O)=C2\C(=O)C(=O)N(c3ccc(C#N)cc3)C2c2ccccc2F)ccc1OCC(C)C. The molecular weight excluding hydrogens is 459 g/mol. The fraction of sp³-hybridized carbons (Fsp3) is 0.207. The molecule has 1 aliphatic heterocycles. The number of aliphatic hydroxyl groups excluding tert-OH is 1. The van der Waals surface area contributed by atoms with E-state index in [1.807, 2.05) is 26.8 Å². The molecule has 1 heterocycles. The minimum absolute atomic E-state index is 0.0659. The minimum atomic E-state index is -1.20. The van der Waals surface area contributed by atoms with Crippen LogP contribution in [0.5, 0.6) is 5.75 Å². The van der Waals surface area contributed by atoms with Crippen LogP contribution in [0.3, 0.4) is 0 Å². The van der Waals surface area contributed by atoms with Crippen LogP contribution in [0.2, 0.25) is 0 Å². The topological polar surface area (TPSA) is 90.6 Å². The molecule has 0 aromatic heterocycles. The van der Waals surface area contributed by atoms with Gasteiger partial charge in [0.15, 0.2) is 0 Å². The molecule has 36 heavy (non-hydrogen) atoms. The molecule has 0 radical (unpaired) electrons. The number of hydrogen-bond donors (Lipinski definition) is 1. The summed E-state index contributed by atoms with van der Waals surface area (Å²) in [7, 11) is 0.